The van der Waals surface area contributed by atoms with E-state index in [4.69, 9.17) is 0 Å². The number of benzene rings is 2. The Hall–Kier alpha value is -3.34. The average Bonchev–Trinajstić information content (AvgIpc) is 2.57. The molecule has 2 amide bonds. The molecule has 3 N–H and O–H groups in total. The van der Waals surface area contributed by atoms with Crippen LogP contribution in [0.15, 0.2) is 72.9 Å². The largest absolute Gasteiger partial charge is 0.340 e. The second-order valence-electron chi connectivity index (χ2n) is 5.37. The molecule has 1 aromatic heterocycles. The lowest BCUT2D eigenvalue weighted by molar-refractivity contribution is 0.262. The number of aryl methyl sites for hydroxylation is 1. The average molecular weight is 318 g/mol. The van der Waals surface area contributed by atoms with E-state index in [1.807, 2.05) is 67.6 Å². The van der Waals surface area contributed by atoms with Gasteiger partial charge in [0.1, 0.15) is 5.82 Å². The summed E-state index contributed by atoms with van der Waals surface area (Å²) in [6.07, 6.45) is 1.61. The number of carbonyl (C=O) groups excluding carboxylic acids is 1. The van der Waals surface area contributed by atoms with Crippen LogP contribution in [0.2, 0.25) is 0 Å². The molecule has 1 heterocycles. The van der Waals surface area contributed by atoms with Crippen molar-refractivity contribution in [3.63, 3.8) is 0 Å². The van der Waals surface area contributed by atoms with Gasteiger partial charge in [0.15, 0.2) is 0 Å². The minimum Gasteiger partial charge on any atom is -0.340 e. The maximum atomic E-state index is 11.9. The molecule has 0 saturated carbocycles. The van der Waals surface area contributed by atoms with Gasteiger partial charge in [0.25, 0.3) is 0 Å². The Bertz CT molecular complexity index is 816. The Morgan fingerprint density at radius 2 is 1.58 bits per heavy atom. The molecular weight excluding hydrogens is 300 g/mol. The standard InChI is InChI=1S/C19H18N4O/c1-14-6-5-9-16(12-14)21-18-11-10-17(13-20-18)23-19(24)22-15-7-3-2-4-8-15/h2-13H,1H3,(H,20,21)(H2,22,23,24). The van der Waals surface area contributed by atoms with Crippen molar-refractivity contribution in [2.75, 3.05) is 16.0 Å². The molecular formula is C19H18N4O. The van der Waals surface area contributed by atoms with E-state index in [1.165, 1.54) is 5.56 Å². The second-order valence-corrected chi connectivity index (χ2v) is 5.37. The van der Waals surface area contributed by atoms with E-state index >= 15 is 0 Å². The lowest BCUT2D eigenvalue weighted by Gasteiger charge is -2.09. The number of carbonyl (C=O) groups is 1. The molecule has 24 heavy (non-hydrogen) atoms. The zero-order chi connectivity index (χ0) is 16.8. The maximum absolute atomic E-state index is 11.9. The Morgan fingerprint density at radius 1 is 0.833 bits per heavy atom. The topological polar surface area (TPSA) is 66.0 Å². The van der Waals surface area contributed by atoms with E-state index in [0.717, 1.165) is 17.2 Å². The Kier molecular flexibility index (Phi) is 4.72. The number of amides is 2. The van der Waals surface area contributed by atoms with E-state index in [2.05, 4.69) is 20.9 Å². The Labute approximate surface area is 140 Å². The number of hydrogen-bond donors (Lipinski definition) is 3. The molecule has 0 bridgehead atoms. The second kappa shape index (κ2) is 7.28. The summed E-state index contributed by atoms with van der Waals surface area (Å²) in [4.78, 5) is 16.2. The molecule has 0 atom stereocenters. The highest BCUT2D eigenvalue weighted by Crippen LogP contribution is 2.17. The monoisotopic (exact) mass is 318 g/mol. The molecule has 3 aromatic rings. The van der Waals surface area contributed by atoms with Gasteiger partial charge < -0.3 is 16.0 Å². The van der Waals surface area contributed by atoms with E-state index in [1.54, 1.807) is 12.3 Å². The van der Waals surface area contributed by atoms with Gasteiger partial charge in [-0.15, -0.1) is 0 Å². The number of hydrogen-bond acceptors (Lipinski definition) is 3. The zero-order valence-corrected chi connectivity index (χ0v) is 13.3. The first-order chi connectivity index (χ1) is 11.7. The van der Waals surface area contributed by atoms with E-state index in [-0.39, 0.29) is 6.03 Å². The molecule has 0 spiro atoms. The first kappa shape index (κ1) is 15.6. The van der Waals surface area contributed by atoms with Gasteiger partial charge in [-0.3, -0.25) is 0 Å². The zero-order valence-electron chi connectivity index (χ0n) is 13.3. The molecule has 120 valence electrons. The van der Waals surface area contributed by atoms with Crippen LogP contribution in [0.4, 0.5) is 27.7 Å². The number of nitrogens with zero attached hydrogens (tertiary/aromatic N) is 1. The number of aromatic nitrogens is 1. The van der Waals surface area contributed by atoms with Crippen LogP contribution in [0.5, 0.6) is 0 Å². The van der Waals surface area contributed by atoms with Crippen LogP contribution in [-0.2, 0) is 0 Å². The van der Waals surface area contributed by atoms with Gasteiger partial charge in [-0.05, 0) is 48.9 Å². The predicted molar refractivity (Wildman–Crippen MR) is 97.8 cm³/mol. The van der Waals surface area contributed by atoms with Gasteiger partial charge >= 0.3 is 6.03 Å². The molecule has 0 aliphatic rings. The molecule has 0 radical (unpaired) electrons. The number of pyridine rings is 1. The van der Waals surface area contributed by atoms with Crippen molar-refractivity contribution in [3.05, 3.63) is 78.5 Å². The molecule has 0 aliphatic carbocycles. The number of nitrogens with one attached hydrogen (secondary N) is 3. The molecule has 5 heteroatoms. The van der Waals surface area contributed by atoms with Crippen molar-refractivity contribution < 1.29 is 4.79 Å². The minimum absolute atomic E-state index is 0.303. The highest BCUT2D eigenvalue weighted by Gasteiger charge is 2.03. The van der Waals surface area contributed by atoms with Crippen molar-refractivity contribution in [3.8, 4) is 0 Å². The number of para-hydroxylation sites is 1. The fourth-order valence-corrected chi connectivity index (χ4v) is 2.23. The normalized spacial score (nSPS) is 10.0. The highest BCUT2D eigenvalue weighted by molar-refractivity contribution is 5.99. The summed E-state index contributed by atoms with van der Waals surface area (Å²) in [5, 5.41) is 8.73. The van der Waals surface area contributed by atoms with Crippen LogP contribution in [-0.4, -0.2) is 11.0 Å². The van der Waals surface area contributed by atoms with Crippen LogP contribution in [0.1, 0.15) is 5.56 Å². The SMILES string of the molecule is Cc1cccc(Nc2ccc(NC(=O)Nc3ccccc3)cn2)c1. The van der Waals surface area contributed by atoms with Crippen molar-refractivity contribution in [1.29, 1.82) is 0 Å². The third kappa shape index (κ3) is 4.33. The van der Waals surface area contributed by atoms with Gasteiger partial charge in [-0.2, -0.15) is 0 Å². The molecule has 3 rings (SSSR count). The van der Waals surface area contributed by atoms with Crippen LogP contribution in [0.25, 0.3) is 0 Å². The predicted octanol–water partition coefficient (Wildman–Crippen LogP) is 4.78. The van der Waals surface area contributed by atoms with Crippen molar-refractivity contribution in [1.82, 2.24) is 4.98 Å². The summed E-state index contributed by atoms with van der Waals surface area (Å²) in [5.41, 5.74) is 3.51. The van der Waals surface area contributed by atoms with Gasteiger partial charge in [0.2, 0.25) is 0 Å². The smallest absolute Gasteiger partial charge is 0.323 e. The molecule has 0 fully saturated rings. The van der Waals surface area contributed by atoms with Gasteiger partial charge in [-0.25, -0.2) is 9.78 Å². The van der Waals surface area contributed by atoms with Gasteiger partial charge in [0, 0.05) is 11.4 Å². The van der Waals surface area contributed by atoms with Crippen LogP contribution in [0.3, 0.4) is 0 Å². The minimum atomic E-state index is -0.303. The summed E-state index contributed by atoms with van der Waals surface area (Å²) in [6.45, 7) is 2.04. The summed E-state index contributed by atoms with van der Waals surface area (Å²) in [5.74, 6) is 0.717. The fraction of sp³-hybridized carbons (Fsp3) is 0.0526. The van der Waals surface area contributed by atoms with Crippen LogP contribution >= 0.6 is 0 Å². The number of anilines is 4. The lowest BCUT2D eigenvalue weighted by Crippen LogP contribution is -2.19. The molecule has 0 saturated heterocycles. The fourth-order valence-electron chi connectivity index (χ4n) is 2.23. The van der Waals surface area contributed by atoms with Gasteiger partial charge in [-0.1, -0.05) is 30.3 Å². The van der Waals surface area contributed by atoms with E-state index < -0.39 is 0 Å². The maximum Gasteiger partial charge on any atom is 0.323 e. The number of urea groups is 1. The van der Waals surface area contributed by atoms with Crippen LogP contribution < -0.4 is 16.0 Å². The summed E-state index contributed by atoms with van der Waals surface area (Å²) in [6, 6.07) is 20.6. The third-order valence-corrected chi connectivity index (χ3v) is 3.34. The Morgan fingerprint density at radius 3 is 2.29 bits per heavy atom. The van der Waals surface area contributed by atoms with E-state index in [0.29, 0.717) is 5.69 Å². The Balaban J connectivity index is 1.59. The van der Waals surface area contributed by atoms with Crippen molar-refractivity contribution in [2.45, 2.75) is 6.92 Å². The molecule has 0 aliphatic heterocycles. The van der Waals surface area contributed by atoms with E-state index in [9.17, 15) is 4.79 Å². The van der Waals surface area contributed by atoms with Crippen molar-refractivity contribution >= 4 is 28.9 Å². The first-order valence-electron chi connectivity index (χ1n) is 7.62. The lowest BCUT2D eigenvalue weighted by atomic mass is 10.2. The highest BCUT2D eigenvalue weighted by atomic mass is 16.2. The van der Waals surface area contributed by atoms with Gasteiger partial charge in [0.05, 0.1) is 11.9 Å². The first-order valence-corrected chi connectivity index (χ1v) is 7.62. The summed E-state index contributed by atoms with van der Waals surface area (Å²) < 4.78 is 0. The summed E-state index contributed by atoms with van der Waals surface area (Å²) >= 11 is 0. The molecule has 2 aromatic carbocycles. The summed E-state index contributed by atoms with van der Waals surface area (Å²) in [7, 11) is 0. The molecule has 0 unspecified atom stereocenters. The molecule has 5 nitrogen and oxygen atoms in total. The van der Waals surface area contributed by atoms with Crippen molar-refractivity contribution in [2.24, 2.45) is 0 Å². The third-order valence-electron chi connectivity index (χ3n) is 3.34. The van der Waals surface area contributed by atoms with Crippen LogP contribution in [0, 0.1) is 6.92 Å². The number of rotatable bonds is 4. The quantitative estimate of drug-likeness (QED) is 0.648.